The zero-order valence-electron chi connectivity index (χ0n) is 11.7. The number of rotatable bonds is 5. The fraction of sp³-hybridized carbons (Fsp3) is 0.231. The number of sulfone groups is 1. The first-order chi connectivity index (χ1) is 10.3. The van der Waals surface area contributed by atoms with E-state index in [0.717, 1.165) is 17.6 Å². The van der Waals surface area contributed by atoms with E-state index in [1.165, 1.54) is 12.1 Å². The van der Waals surface area contributed by atoms with Crippen LogP contribution in [0.3, 0.4) is 0 Å². The van der Waals surface area contributed by atoms with Crippen LogP contribution in [0.1, 0.15) is 11.3 Å². The van der Waals surface area contributed by atoms with Crippen molar-refractivity contribution < 1.29 is 17.6 Å². The molecule has 0 atom stereocenters. The average molecular weight is 343 g/mol. The van der Waals surface area contributed by atoms with Gasteiger partial charge in [0.15, 0.2) is 15.0 Å². The Bertz CT molecular complexity index is 774. The fourth-order valence-electron chi connectivity index (χ4n) is 1.67. The monoisotopic (exact) mass is 343 g/mol. The lowest BCUT2D eigenvalue weighted by Crippen LogP contribution is -2.28. The van der Waals surface area contributed by atoms with E-state index in [4.69, 9.17) is 0 Å². The minimum absolute atomic E-state index is 0.171. The summed E-state index contributed by atoms with van der Waals surface area (Å²) in [4.78, 5) is 15.7. The van der Waals surface area contributed by atoms with E-state index in [2.05, 4.69) is 15.6 Å². The summed E-state index contributed by atoms with van der Waals surface area (Å²) in [5.74, 6) is -0.541. The normalized spacial score (nSPS) is 11.2. The second kappa shape index (κ2) is 6.84. The molecular weight excluding hydrogens is 329 g/mol. The SMILES string of the molecule is CS(=O)(=O)Cc1csc(NC(=O)NCc2cccc(F)c2)n1. The van der Waals surface area contributed by atoms with Crippen LogP contribution in [-0.2, 0) is 22.1 Å². The molecule has 118 valence electrons. The Morgan fingerprint density at radius 2 is 2.18 bits per heavy atom. The van der Waals surface area contributed by atoms with E-state index in [0.29, 0.717) is 16.4 Å². The molecule has 0 unspecified atom stereocenters. The van der Waals surface area contributed by atoms with Crippen LogP contribution < -0.4 is 10.6 Å². The van der Waals surface area contributed by atoms with E-state index >= 15 is 0 Å². The maximum atomic E-state index is 13.0. The molecule has 2 rings (SSSR count). The van der Waals surface area contributed by atoms with E-state index in [9.17, 15) is 17.6 Å². The van der Waals surface area contributed by atoms with Gasteiger partial charge in [-0.1, -0.05) is 12.1 Å². The second-order valence-electron chi connectivity index (χ2n) is 4.65. The lowest BCUT2D eigenvalue weighted by molar-refractivity contribution is 0.251. The third-order valence-electron chi connectivity index (χ3n) is 2.52. The average Bonchev–Trinajstić information content (AvgIpc) is 2.81. The lowest BCUT2D eigenvalue weighted by Gasteiger charge is -2.05. The Hall–Kier alpha value is -2.00. The number of aromatic nitrogens is 1. The molecule has 2 N–H and O–H groups in total. The Morgan fingerprint density at radius 1 is 1.41 bits per heavy atom. The van der Waals surface area contributed by atoms with E-state index in [1.807, 2.05) is 0 Å². The molecular formula is C13H14FN3O3S2. The number of benzene rings is 1. The molecule has 6 nitrogen and oxygen atoms in total. The second-order valence-corrected chi connectivity index (χ2v) is 7.65. The van der Waals surface area contributed by atoms with Crippen molar-refractivity contribution in [2.75, 3.05) is 11.6 Å². The first-order valence-electron chi connectivity index (χ1n) is 6.23. The van der Waals surface area contributed by atoms with Crippen molar-refractivity contribution in [1.82, 2.24) is 10.3 Å². The molecule has 1 heterocycles. The van der Waals surface area contributed by atoms with Crippen molar-refractivity contribution in [3.05, 3.63) is 46.7 Å². The number of thiazole rings is 1. The molecule has 0 aliphatic rings. The number of hydrogen-bond donors (Lipinski definition) is 2. The van der Waals surface area contributed by atoms with Gasteiger partial charge in [0.2, 0.25) is 0 Å². The van der Waals surface area contributed by atoms with E-state index in [1.54, 1.807) is 17.5 Å². The predicted octanol–water partition coefficient (Wildman–Crippen LogP) is 2.15. The molecule has 0 saturated heterocycles. The summed E-state index contributed by atoms with van der Waals surface area (Å²) in [5, 5.41) is 6.94. The molecule has 1 aromatic heterocycles. The molecule has 22 heavy (non-hydrogen) atoms. The molecule has 9 heteroatoms. The summed E-state index contributed by atoms with van der Waals surface area (Å²) < 4.78 is 35.3. The van der Waals surface area contributed by atoms with Gasteiger partial charge >= 0.3 is 6.03 Å². The standard InChI is InChI=1S/C13H14FN3O3S2/c1-22(19,20)8-11-7-21-13(16-11)17-12(18)15-6-9-3-2-4-10(14)5-9/h2-5,7H,6,8H2,1H3,(H2,15,16,17,18). The van der Waals surface area contributed by atoms with Crippen molar-refractivity contribution in [2.24, 2.45) is 0 Å². The van der Waals surface area contributed by atoms with Gasteiger partial charge in [0.1, 0.15) is 5.82 Å². The number of urea groups is 1. The van der Waals surface area contributed by atoms with E-state index < -0.39 is 15.9 Å². The predicted molar refractivity (Wildman–Crippen MR) is 82.9 cm³/mol. The molecule has 0 spiro atoms. The summed E-state index contributed by atoms with van der Waals surface area (Å²) in [6, 6.07) is 5.40. The number of anilines is 1. The number of nitrogens with one attached hydrogen (secondary N) is 2. The summed E-state index contributed by atoms with van der Waals surface area (Å²) in [6.07, 6.45) is 1.12. The summed E-state index contributed by atoms with van der Waals surface area (Å²) in [6.45, 7) is 0.172. The maximum Gasteiger partial charge on any atom is 0.321 e. The highest BCUT2D eigenvalue weighted by molar-refractivity contribution is 7.89. The van der Waals surface area contributed by atoms with Crippen LogP contribution in [0.4, 0.5) is 14.3 Å². The molecule has 0 fully saturated rings. The van der Waals surface area contributed by atoms with Gasteiger partial charge < -0.3 is 5.32 Å². The first-order valence-corrected chi connectivity index (χ1v) is 9.17. The van der Waals surface area contributed by atoms with Crippen LogP contribution in [0.2, 0.25) is 0 Å². The zero-order chi connectivity index (χ0) is 16.2. The third kappa shape index (κ3) is 5.41. The highest BCUT2D eigenvalue weighted by Gasteiger charge is 2.10. The number of amides is 2. The van der Waals surface area contributed by atoms with Crippen LogP contribution in [0.15, 0.2) is 29.6 Å². The first kappa shape index (κ1) is 16.4. The molecule has 0 bridgehead atoms. The number of nitrogens with zero attached hydrogens (tertiary/aromatic N) is 1. The Morgan fingerprint density at radius 3 is 2.86 bits per heavy atom. The number of halogens is 1. The number of hydrogen-bond acceptors (Lipinski definition) is 5. The van der Waals surface area contributed by atoms with Gasteiger partial charge in [-0.2, -0.15) is 0 Å². The highest BCUT2D eigenvalue weighted by atomic mass is 32.2. The van der Waals surface area contributed by atoms with Crippen molar-refractivity contribution in [3.63, 3.8) is 0 Å². The van der Waals surface area contributed by atoms with Crippen LogP contribution in [0, 0.1) is 5.82 Å². The van der Waals surface area contributed by atoms with Crippen LogP contribution in [0.25, 0.3) is 0 Å². The summed E-state index contributed by atoms with van der Waals surface area (Å²) in [5.41, 5.74) is 1.01. The maximum absolute atomic E-state index is 13.0. The molecule has 1 aromatic carbocycles. The Kier molecular flexibility index (Phi) is 5.09. The van der Waals surface area contributed by atoms with Gasteiger partial charge in [-0.15, -0.1) is 11.3 Å². The largest absolute Gasteiger partial charge is 0.334 e. The molecule has 0 radical (unpaired) electrons. The minimum atomic E-state index is -3.16. The van der Waals surface area contributed by atoms with Crippen molar-refractivity contribution in [2.45, 2.75) is 12.3 Å². The van der Waals surface area contributed by atoms with Gasteiger partial charge in [-0.3, -0.25) is 5.32 Å². The topological polar surface area (TPSA) is 88.2 Å². The van der Waals surface area contributed by atoms with Gasteiger partial charge in [-0.25, -0.2) is 22.6 Å². The highest BCUT2D eigenvalue weighted by Crippen LogP contribution is 2.16. The van der Waals surface area contributed by atoms with Crippen molar-refractivity contribution in [1.29, 1.82) is 0 Å². The van der Waals surface area contributed by atoms with Crippen molar-refractivity contribution >= 4 is 32.3 Å². The molecule has 2 amide bonds. The number of carbonyl (C=O) groups is 1. The minimum Gasteiger partial charge on any atom is -0.334 e. The van der Waals surface area contributed by atoms with Gasteiger partial charge in [0.05, 0.1) is 11.4 Å². The van der Waals surface area contributed by atoms with E-state index in [-0.39, 0.29) is 18.1 Å². The fourth-order valence-corrected chi connectivity index (χ4v) is 3.17. The molecule has 0 aliphatic carbocycles. The van der Waals surface area contributed by atoms with Gasteiger partial charge in [0, 0.05) is 18.2 Å². The van der Waals surface area contributed by atoms with Crippen LogP contribution in [0.5, 0.6) is 0 Å². The Labute approximate surface area is 131 Å². The van der Waals surface area contributed by atoms with Crippen molar-refractivity contribution in [3.8, 4) is 0 Å². The van der Waals surface area contributed by atoms with Crippen LogP contribution in [-0.4, -0.2) is 25.7 Å². The van der Waals surface area contributed by atoms with Gasteiger partial charge in [0.25, 0.3) is 0 Å². The third-order valence-corrected chi connectivity index (χ3v) is 4.15. The smallest absolute Gasteiger partial charge is 0.321 e. The number of carbonyl (C=O) groups excluding carboxylic acids is 1. The summed E-state index contributed by atoms with van der Waals surface area (Å²) in [7, 11) is -3.16. The Balaban J connectivity index is 1.87. The van der Waals surface area contributed by atoms with Gasteiger partial charge in [-0.05, 0) is 17.7 Å². The summed E-state index contributed by atoms with van der Waals surface area (Å²) >= 11 is 1.14. The quantitative estimate of drug-likeness (QED) is 0.871. The molecule has 2 aromatic rings. The molecule has 0 saturated carbocycles. The lowest BCUT2D eigenvalue weighted by atomic mass is 10.2. The van der Waals surface area contributed by atoms with Crippen LogP contribution >= 0.6 is 11.3 Å². The molecule has 0 aliphatic heterocycles. The zero-order valence-corrected chi connectivity index (χ0v) is 13.3.